The van der Waals surface area contributed by atoms with Gasteiger partial charge in [0.25, 0.3) is 6.43 Å². The first kappa shape index (κ1) is 25.9. The van der Waals surface area contributed by atoms with Gasteiger partial charge in [-0.25, -0.2) is 26.4 Å². The van der Waals surface area contributed by atoms with Crippen molar-refractivity contribution in [3.8, 4) is 0 Å². The quantitative estimate of drug-likeness (QED) is 0.623. The fourth-order valence-electron chi connectivity index (χ4n) is 4.06. The zero-order valence-corrected chi connectivity index (χ0v) is 20.1. The van der Waals surface area contributed by atoms with Gasteiger partial charge >= 0.3 is 6.03 Å². The van der Waals surface area contributed by atoms with E-state index in [0.29, 0.717) is 11.4 Å². The Morgan fingerprint density at radius 1 is 1.32 bits per heavy atom. The number of aromatic nitrogens is 3. The second kappa shape index (κ2) is 9.53. The van der Waals surface area contributed by atoms with Gasteiger partial charge in [0.2, 0.25) is 14.8 Å². The standard InChI is InChI=1S/C21H28F3N5O4S/c1-12-18(17(19(22)23)27-28(12)4)34(32,33)21(3,24)14-6-9-29(10-7-14)20(31)26-15-5-8-25-16(11-15)13(2)30/h5,8,11,13-14,19,30H,6-7,9-10H2,1-4H3,(H,25,26,31)/t13-,21?/m0/s1. The number of likely N-dealkylation sites (tertiary alicyclic amines) is 1. The summed E-state index contributed by atoms with van der Waals surface area (Å²) in [4.78, 5) is 17.3. The highest BCUT2D eigenvalue weighted by Gasteiger charge is 2.51. The molecule has 1 aliphatic rings. The number of rotatable bonds is 6. The number of halogens is 3. The van der Waals surface area contributed by atoms with Gasteiger partial charge in [-0.1, -0.05) is 0 Å². The van der Waals surface area contributed by atoms with Crippen LogP contribution in [0.4, 0.5) is 23.7 Å². The van der Waals surface area contributed by atoms with E-state index in [1.165, 1.54) is 38.1 Å². The predicted molar refractivity (Wildman–Crippen MR) is 118 cm³/mol. The minimum atomic E-state index is -4.80. The lowest BCUT2D eigenvalue weighted by molar-refractivity contribution is 0.116. The Hall–Kier alpha value is -2.67. The van der Waals surface area contributed by atoms with Crippen molar-refractivity contribution in [1.82, 2.24) is 19.7 Å². The van der Waals surface area contributed by atoms with Gasteiger partial charge in [0.1, 0.15) is 10.6 Å². The van der Waals surface area contributed by atoms with Gasteiger partial charge in [-0.05, 0) is 45.7 Å². The van der Waals surface area contributed by atoms with Crippen LogP contribution in [0.25, 0.3) is 0 Å². The summed E-state index contributed by atoms with van der Waals surface area (Å²) >= 11 is 0. The molecule has 0 aromatic carbocycles. The molecule has 0 saturated carbocycles. The van der Waals surface area contributed by atoms with E-state index in [2.05, 4.69) is 15.4 Å². The van der Waals surface area contributed by atoms with Crippen LogP contribution >= 0.6 is 0 Å². The van der Waals surface area contributed by atoms with Crippen LogP contribution < -0.4 is 5.32 Å². The van der Waals surface area contributed by atoms with Gasteiger partial charge in [0.15, 0.2) is 0 Å². The molecule has 0 spiro atoms. The number of piperidine rings is 1. The van der Waals surface area contributed by atoms with Gasteiger partial charge in [0, 0.05) is 37.9 Å². The van der Waals surface area contributed by atoms with Crippen molar-refractivity contribution in [1.29, 1.82) is 0 Å². The lowest BCUT2D eigenvalue weighted by atomic mass is 9.92. The predicted octanol–water partition coefficient (Wildman–Crippen LogP) is 3.52. The van der Waals surface area contributed by atoms with Crippen LogP contribution in [0.1, 0.15) is 56.3 Å². The molecule has 0 aliphatic carbocycles. The first-order valence-electron chi connectivity index (χ1n) is 10.7. The lowest BCUT2D eigenvalue weighted by Crippen LogP contribution is -2.48. The highest BCUT2D eigenvalue weighted by atomic mass is 32.2. The van der Waals surface area contributed by atoms with Crippen LogP contribution in [0.3, 0.4) is 0 Å². The molecule has 9 nitrogen and oxygen atoms in total. The smallest absolute Gasteiger partial charge is 0.321 e. The molecule has 2 aromatic rings. The number of sulfone groups is 1. The third kappa shape index (κ3) is 4.76. The summed E-state index contributed by atoms with van der Waals surface area (Å²) in [6, 6.07) is 2.61. The average Bonchev–Trinajstić information content (AvgIpc) is 3.09. The Kier molecular flexibility index (Phi) is 7.27. The number of amides is 2. The molecule has 2 N–H and O–H groups in total. The van der Waals surface area contributed by atoms with Crippen molar-refractivity contribution in [2.45, 2.75) is 56.0 Å². The molecule has 0 bridgehead atoms. The van der Waals surface area contributed by atoms with Crippen LogP contribution in [-0.4, -0.2) is 57.3 Å². The second-order valence-electron chi connectivity index (χ2n) is 8.55. The molecule has 2 aromatic heterocycles. The summed E-state index contributed by atoms with van der Waals surface area (Å²) in [5.74, 6) is -1.01. The molecule has 1 aliphatic heterocycles. The summed E-state index contributed by atoms with van der Waals surface area (Å²) in [6.45, 7) is 3.88. The second-order valence-corrected chi connectivity index (χ2v) is 10.8. The number of aryl methyl sites for hydroxylation is 1. The van der Waals surface area contributed by atoms with E-state index in [1.54, 1.807) is 6.07 Å². The molecular formula is C21H28F3N5O4S. The van der Waals surface area contributed by atoms with E-state index in [1.807, 2.05) is 0 Å². The third-order valence-corrected chi connectivity index (χ3v) is 8.70. The Balaban J connectivity index is 1.73. The fraction of sp³-hybridized carbons (Fsp3) is 0.571. The first-order valence-corrected chi connectivity index (χ1v) is 12.2. The van der Waals surface area contributed by atoms with Gasteiger partial charge in [-0.3, -0.25) is 9.67 Å². The zero-order chi connectivity index (χ0) is 25.4. The average molecular weight is 504 g/mol. The number of urea groups is 1. The number of aliphatic hydroxyl groups is 1. The number of hydrogen-bond acceptors (Lipinski definition) is 6. The molecule has 34 heavy (non-hydrogen) atoms. The van der Waals surface area contributed by atoms with Crippen LogP contribution in [0, 0.1) is 12.8 Å². The first-order chi connectivity index (χ1) is 15.8. The number of alkyl halides is 3. The molecule has 0 radical (unpaired) electrons. The minimum absolute atomic E-state index is 0.0260. The fourth-order valence-corrected chi connectivity index (χ4v) is 6.06. The van der Waals surface area contributed by atoms with Crippen molar-refractivity contribution >= 4 is 21.6 Å². The monoisotopic (exact) mass is 503 g/mol. The molecular weight excluding hydrogens is 475 g/mol. The Morgan fingerprint density at radius 3 is 2.50 bits per heavy atom. The molecule has 2 amide bonds. The highest BCUT2D eigenvalue weighted by molar-refractivity contribution is 7.92. The van der Waals surface area contributed by atoms with Gasteiger partial charge < -0.3 is 15.3 Å². The molecule has 13 heteroatoms. The van der Waals surface area contributed by atoms with Crippen LogP contribution in [0.2, 0.25) is 0 Å². The van der Waals surface area contributed by atoms with E-state index in [0.717, 1.165) is 11.6 Å². The Bertz CT molecular complexity index is 1160. The van der Waals surface area contributed by atoms with Crippen molar-refractivity contribution in [2.24, 2.45) is 13.0 Å². The summed E-state index contributed by atoms with van der Waals surface area (Å²) < 4.78 is 70.1. The lowest BCUT2D eigenvalue weighted by Gasteiger charge is -2.37. The highest BCUT2D eigenvalue weighted by Crippen LogP contribution is 2.42. The summed E-state index contributed by atoms with van der Waals surface area (Å²) in [6.07, 6.45) is -2.49. The maximum Gasteiger partial charge on any atom is 0.321 e. The maximum absolute atomic E-state index is 15.8. The van der Waals surface area contributed by atoms with Gasteiger partial charge in [-0.15, -0.1) is 0 Å². The summed E-state index contributed by atoms with van der Waals surface area (Å²) in [5, 5.41) is 13.0. The topological polar surface area (TPSA) is 117 Å². The summed E-state index contributed by atoms with van der Waals surface area (Å²) in [7, 11) is -3.48. The van der Waals surface area contributed by atoms with E-state index < -0.39 is 49.9 Å². The maximum atomic E-state index is 15.8. The van der Waals surface area contributed by atoms with Crippen molar-refractivity contribution in [2.75, 3.05) is 18.4 Å². The van der Waals surface area contributed by atoms with E-state index in [-0.39, 0.29) is 31.6 Å². The van der Waals surface area contributed by atoms with Crippen molar-refractivity contribution < 1.29 is 31.5 Å². The SMILES string of the molecule is Cc1c(S(=O)(=O)C(C)(F)C2CCN(C(=O)Nc3ccnc([C@H](C)O)c3)CC2)c(C(F)F)nn1C. The zero-order valence-electron chi connectivity index (χ0n) is 19.3. The van der Waals surface area contributed by atoms with Crippen LogP contribution in [-0.2, 0) is 16.9 Å². The molecule has 1 unspecified atom stereocenters. The van der Waals surface area contributed by atoms with Crippen LogP contribution in [0.15, 0.2) is 23.2 Å². The van der Waals surface area contributed by atoms with E-state index in [4.69, 9.17) is 0 Å². The molecule has 2 atom stereocenters. The normalized spacial score (nSPS) is 18.1. The van der Waals surface area contributed by atoms with E-state index >= 15 is 4.39 Å². The van der Waals surface area contributed by atoms with E-state index in [9.17, 15) is 27.1 Å². The number of carbonyl (C=O) groups is 1. The van der Waals surface area contributed by atoms with Gasteiger partial charge in [-0.2, -0.15) is 5.10 Å². The summed E-state index contributed by atoms with van der Waals surface area (Å²) in [5.41, 5.74) is -0.231. The number of carbonyl (C=O) groups excluding carboxylic acids is 1. The molecule has 1 fully saturated rings. The van der Waals surface area contributed by atoms with Crippen LogP contribution in [0.5, 0.6) is 0 Å². The van der Waals surface area contributed by atoms with Crippen molar-refractivity contribution in [3.63, 3.8) is 0 Å². The number of pyridine rings is 1. The number of anilines is 1. The molecule has 1 saturated heterocycles. The minimum Gasteiger partial charge on any atom is -0.387 e. The number of nitrogens with zero attached hydrogens (tertiary/aromatic N) is 4. The number of aliphatic hydroxyl groups excluding tert-OH is 1. The molecule has 3 rings (SSSR count). The third-order valence-electron chi connectivity index (χ3n) is 6.28. The number of hydrogen-bond donors (Lipinski definition) is 2. The Labute approximate surface area is 195 Å². The molecule has 188 valence electrons. The van der Waals surface area contributed by atoms with Crippen molar-refractivity contribution in [3.05, 3.63) is 35.4 Å². The largest absolute Gasteiger partial charge is 0.387 e. The number of nitrogens with one attached hydrogen (secondary N) is 1. The van der Waals surface area contributed by atoms with Gasteiger partial charge in [0.05, 0.1) is 17.5 Å². The molecule has 3 heterocycles. The Morgan fingerprint density at radius 2 is 1.94 bits per heavy atom.